The molecular formula is C25H30N2O4. The quantitative estimate of drug-likeness (QED) is 0.518. The predicted molar refractivity (Wildman–Crippen MR) is 121 cm³/mol. The van der Waals surface area contributed by atoms with Crippen molar-refractivity contribution in [3.8, 4) is 11.5 Å². The molecule has 3 rings (SSSR count). The van der Waals surface area contributed by atoms with Crippen molar-refractivity contribution >= 4 is 5.97 Å². The van der Waals surface area contributed by atoms with Crippen molar-refractivity contribution in [3.63, 3.8) is 0 Å². The summed E-state index contributed by atoms with van der Waals surface area (Å²) in [7, 11) is 0. The van der Waals surface area contributed by atoms with Crippen LogP contribution < -0.4 is 10.1 Å². The summed E-state index contributed by atoms with van der Waals surface area (Å²) >= 11 is 0. The number of carboxylic acids is 1. The second-order valence-corrected chi connectivity index (χ2v) is 8.09. The molecule has 0 unspecified atom stereocenters. The van der Waals surface area contributed by atoms with Crippen molar-refractivity contribution in [1.82, 2.24) is 10.3 Å². The number of aromatic nitrogens is 1. The van der Waals surface area contributed by atoms with E-state index in [4.69, 9.17) is 14.9 Å². The molecule has 2 aromatic carbocycles. The number of aromatic hydroxyl groups is 1. The first-order chi connectivity index (χ1) is 14.7. The molecule has 0 amide bonds. The van der Waals surface area contributed by atoms with Crippen molar-refractivity contribution in [3.05, 3.63) is 89.7 Å². The summed E-state index contributed by atoms with van der Waals surface area (Å²) in [6.07, 6.45) is 3.00. The van der Waals surface area contributed by atoms with Crippen LogP contribution in [0.5, 0.6) is 11.5 Å². The maximum Gasteiger partial charge on any atom is 0.341 e. The minimum atomic E-state index is -0.975. The number of hydrogen-bond acceptors (Lipinski definition) is 5. The first kappa shape index (κ1) is 23.9. The van der Waals surface area contributed by atoms with Crippen molar-refractivity contribution in [1.29, 1.82) is 0 Å². The van der Waals surface area contributed by atoms with Crippen LogP contribution in [0, 0.1) is 0 Å². The fourth-order valence-electron chi connectivity index (χ4n) is 2.72. The zero-order valence-corrected chi connectivity index (χ0v) is 18.2. The van der Waals surface area contributed by atoms with Crippen LogP contribution in [0.1, 0.15) is 37.5 Å². The number of ether oxygens (including phenoxy) is 1. The molecule has 3 N–H and O–H groups in total. The Morgan fingerprint density at radius 3 is 2.26 bits per heavy atom. The Bertz CT molecular complexity index is 936. The van der Waals surface area contributed by atoms with Gasteiger partial charge in [-0.3, -0.25) is 4.98 Å². The Hall–Kier alpha value is -3.38. The average Bonchev–Trinajstić information content (AvgIpc) is 2.73. The van der Waals surface area contributed by atoms with Crippen molar-refractivity contribution in [2.24, 2.45) is 0 Å². The van der Waals surface area contributed by atoms with Crippen LogP contribution in [0.25, 0.3) is 0 Å². The van der Waals surface area contributed by atoms with E-state index in [2.05, 4.69) is 55.3 Å². The molecule has 6 nitrogen and oxygen atoms in total. The number of rotatable bonds is 7. The van der Waals surface area contributed by atoms with E-state index in [-0.39, 0.29) is 17.8 Å². The summed E-state index contributed by atoms with van der Waals surface area (Å²) in [5.74, 6) is -0.189. The predicted octanol–water partition coefficient (Wildman–Crippen LogP) is 4.52. The number of aliphatic carboxylic acids is 1. The molecule has 0 saturated heterocycles. The lowest BCUT2D eigenvalue weighted by Crippen LogP contribution is -2.14. The highest BCUT2D eigenvalue weighted by atomic mass is 16.5. The van der Waals surface area contributed by atoms with E-state index >= 15 is 0 Å². The van der Waals surface area contributed by atoms with E-state index in [1.165, 1.54) is 17.3 Å². The molecule has 0 saturated carbocycles. The molecule has 31 heavy (non-hydrogen) atoms. The Kier molecular flexibility index (Phi) is 9.03. The van der Waals surface area contributed by atoms with Gasteiger partial charge in [0.2, 0.25) is 0 Å². The van der Waals surface area contributed by atoms with E-state index in [1.54, 1.807) is 24.4 Å². The summed E-state index contributed by atoms with van der Waals surface area (Å²) < 4.78 is 5.19. The Balaban J connectivity index is 0.000000412. The van der Waals surface area contributed by atoms with Crippen molar-refractivity contribution in [2.75, 3.05) is 6.61 Å². The van der Waals surface area contributed by atoms with Gasteiger partial charge in [-0.1, -0.05) is 57.2 Å². The topological polar surface area (TPSA) is 91.7 Å². The van der Waals surface area contributed by atoms with Crippen LogP contribution in [0.3, 0.4) is 0 Å². The van der Waals surface area contributed by atoms with Gasteiger partial charge in [0, 0.05) is 19.3 Å². The van der Waals surface area contributed by atoms with Gasteiger partial charge in [-0.15, -0.1) is 0 Å². The molecule has 0 spiro atoms. The van der Waals surface area contributed by atoms with Gasteiger partial charge in [-0.05, 0) is 46.4 Å². The molecule has 1 heterocycles. The van der Waals surface area contributed by atoms with E-state index in [1.807, 2.05) is 18.2 Å². The summed E-state index contributed by atoms with van der Waals surface area (Å²) in [4.78, 5) is 14.2. The van der Waals surface area contributed by atoms with Crippen LogP contribution in [0.15, 0.2) is 73.1 Å². The molecule has 6 heteroatoms. The molecule has 0 aliphatic carbocycles. The molecular weight excluding hydrogens is 392 g/mol. The minimum absolute atomic E-state index is 0.169. The third kappa shape index (κ3) is 9.31. The standard InChI is InChI=1S/C20H25NO3.C5H5NO/c1-20(2,3)17-9-7-15(8-10-17)12-21-13-16-5-4-6-18(11-16)24-14-19(22)23;7-5-2-1-3-6-4-5/h4-11,21H,12-14H2,1-3H3,(H,22,23);1-4,7H. The molecule has 3 aromatic rings. The van der Waals surface area contributed by atoms with E-state index in [0.717, 1.165) is 12.1 Å². The average molecular weight is 423 g/mol. The maximum atomic E-state index is 10.5. The van der Waals surface area contributed by atoms with Crippen LogP contribution in [-0.2, 0) is 23.3 Å². The minimum Gasteiger partial charge on any atom is -0.506 e. The molecule has 0 fully saturated rings. The Labute approximate surface area is 183 Å². The SMILES string of the molecule is CC(C)(C)c1ccc(CNCc2cccc(OCC(=O)O)c2)cc1.Oc1cccnc1. The smallest absolute Gasteiger partial charge is 0.341 e. The number of nitrogens with zero attached hydrogens (tertiary/aromatic N) is 1. The third-order valence-electron chi connectivity index (χ3n) is 4.38. The second-order valence-electron chi connectivity index (χ2n) is 8.09. The lowest BCUT2D eigenvalue weighted by molar-refractivity contribution is -0.139. The number of nitrogens with one attached hydrogen (secondary N) is 1. The van der Waals surface area contributed by atoms with Crippen LogP contribution in [-0.4, -0.2) is 27.8 Å². The Morgan fingerprint density at radius 1 is 1.00 bits per heavy atom. The van der Waals surface area contributed by atoms with Crippen LogP contribution in [0.2, 0.25) is 0 Å². The highest BCUT2D eigenvalue weighted by molar-refractivity contribution is 5.68. The number of carboxylic acid groups (broad SMARTS) is 1. The zero-order chi connectivity index (χ0) is 22.7. The Morgan fingerprint density at radius 2 is 1.71 bits per heavy atom. The molecule has 0 atom stereocenters. The van der Waals surface area contributed by atoms with Gasteiger partial charge in [0.05, 0.1) is 6.20 Å². The lowest BCUT2D eigenvalue weighted by atomic mass is 9.87. The zero-order valence-electron chi connectivity index (χ0n) is 18.2. The maximum absolute atomic E-state index is 10.5. The summed E-state index contributed by atoms with van der Waals surface area (Å²) in [5.41, 5.74) is 3.79. The lowest BCUT2D eigenvalue weighted by Gasteiger charge is -2.19. The largest absolute Gasteiger partial charge is 0.506 e. The summed E-state index contributed by atoms with van der Waals surface area (Å²) in [6.45, 7) is 7.78. The molecule has 1 aromatic heterocycles. The highest BCUT2D eigenvalue weighted by Crippen LogP contribution is 2.22. The van der Waals surface area contributed by atoms with E-state index in [9.17, 15) is 4.79 Å². The number of carbonyl (C=O) groups is 1. The van der Waals surface area contributed by atoms with Crippen molar-refractivity contribution < 1.29 is 19.7 Å². The normalized spacial score (nSPS) is 10.7. The molecule has 0 bridgehead atoms. The van der Waals surface area contributed by atoms with Gasteiger partial charge >= 0.3 is 5.97 Å². The number of pyridine rings is 1. The van der Waals surface area contributed by atoms with Gasteiger partial charge < -0.3 is 20.3 Å². The third-order valence-corrected chi connectivity index (χ3v) is 4.38. The highest BCUT2D eigenvalue weighted by Gasteiger charge is 2.12. The van der Waals surface area contributed by atoms with Crippen LogP contribution in [0.4, 0.5) is 0 Å². The number of hydrogen-bond donors (Lipinski definition) is 3. The van der Waals surface area contributed by atoms with Gasteiger partial charge in [0.25, 0.3) is 0 Å². The fraction of sp³-hybridized carbons (Fsp3) is 0.280. The summed E-state index contributed by atoms with van der Waals surface area (Å²) in [5, 5.41) is 20.6. The molecule has 164 valence electrons. The second kappa shape index (κ2) is 11.7. The molecule has 0 aliphatic rings. The first-order valence-electron chi connectivity index (χ1n) is 10.1. The molecule has 0 radical (unpaired) electrons. The van der Waals surface area contributed by atoms with Gasteiger partial charge in [-0.2, -0.15) is 0 Å². The van der Waals surface area contributed by atoms with Crippen molar-refractivity contribution in [2.45, 2.75) is 39.3 Å². The van der Waals surface area contributed by atoms with Gasteiger partial charge in [-0.25, -0.2) is 4.79 Å². The summed E-state index contributed by atoms with van der Waals surface area (Å²) in [6, 6.07) is 19.4. The van der Waals surface area contributed by atoms with E-state index < -0.39 is 5.97 Å². The van der Waals surface area contributed by atoms with Crippen LogP contribution >= 0.6 is 0 Å². The molecule has 0 aliphatic heterocycles. The number of benzene rings is 2. The van der Waals surface area contributed by atoms with E-state index in [0.29, 0.717) is 12.3 Å². The van der Waals surface area contributed by atoms with Gasteiger partial charge in [0.1, 0.15) is 11.5 Å². The first-order valence-corrected chi connectivity index (χ1v) is 10.1. The fourth-order valence-corrected chi connectivity index (χ4v) is 2.72. The monoisotopic (exact) mass is 422 g/mol. The van der Waals surface area contributed by atoms with Gasteiger partial charge in [0.15, 0.2) is 6.61 Å².